The van der Waals surface area contributed by atoms with E-state index in [4.69, 9.17) is 27.6 Å². The molecule has 144 valence electrons. The molecule has 0 radical (unpaired) electrons. The standard InChI is InChI=1S/C20H11Cl2N3O4/c21-12-1-4-15(16(22)8-12)20-24-17-9-13(2-6-19(17)29-20)23-10-11-7-14(25(27)28)3-5-18(11)26/h1-10,26H. The minimum absolute atomic E-state index is 0.110. The quantitative estimate of drug-likeness (QED) is 0.238. The fourth-order valence-corrected chi connectivity index (χ4v) is 3.17. The average molecular weight is 428 g/mol. The third-order valence-corrected chi connectivity index (χ3v) is 4.66. The Kier molecular flexibility index (Phi) is 4.92. The Morgan fingerprint density at radius 3 is 2.69 bits per heavy atom. The van der Waals surface area contributed by atoms with Gasteiger partial charge in [0.1, 0.15) is 11.3 Å². The number of benzene rings is 3. The van der Waals surface area contributed by atoms with Crippen LogP contribution < -0.4 is 0 Å². The van der Waals surface area contributed by atoms with Gasteiger partial charge in [-0.3, -0.25) is 15.1 Å². The zero-order chi connectivity index (χ0) is 20.5. The topological polar surface area (TPSA) is 102 Å². The van der Waals surface area contributed by atoms with Gasteiger partial charge in [0.25, 0.3) is 5.69 Å². The summed E-state index contributed by atoms with van der Waals surface area (Å²) in [5, 5.41) is 21.7. The number of aliphatic imine (C=N–C) groups is 1. The summed E-state index contributed by atoms with van der Waals surface area (Å²) in [4.78, 5) is 19.1. The van der Waals surface area contributed by atoms with Crippen molar-refractivity contribution in [3.05, 3.63) is 80.3 Å². The number of phenolic OH excluding ortho intramolecular Hbond substituents is 1. The monoisotopic (exact) mass is 427 g/mol. The summed E-state index contributed by atoms with van der Waals surface area (Å²) in [5.41, 5.74) is 2.34. The van der Waals surface area contributed by atoms with Crippen molar-refractivity contribution in [2.45, 2.75) is 0 Å². The molecule has 0 spiro atoms. The molecular formula is C20H11Cl2N3O4. The molecule has 1 heterocycles. The number of nitro groups is 1. The first-order chi connectivity index (χ1) is 13.9. The Balaban J connectivity index is 1.67. The number of phenols is 1. The lowest BCUT2D eigenvalue weighted by atomic mass is 10.2. The molecule has 0 fully saturated rings. The lowest BCUT2D eigenvalue weighted by molar-refractivity contribution is -0.384. The normalized spacial score (nSPS) is 11.4. The minimum atomic E-state index is -0.540. The predicted molar refractivity (Wildman–Crippen MR) is 111 cm³/mol. The number of oxazole rings is 1. The molecule has 0 bridgehead atoms. The van der Waals surface area contributed by atoms with Crippen LogP contribution in [0.5, 0.6) is 5.75 Å². The highest BCUT2D eigenvalue weighted by Gasteiger charge is 2.13. The number of fused-ring (bicyclic) bond motifs is 1. The number of nitrogens with zero attached hydrogens (tertiary/aromatic N) is 3. The van der Waals surface area contributed by atoms with Crippen molar-refractivity contribution >= 4 is 51.9 Å². The first-order valence-electron chi connectivity index (χ1n) is 8.28. The first-order valence-corrected chi connectivity index (χ1v) is 9.04. The van der Waals surface area contributed by atoms with Gasteiger partial charge in [-0.1, -0.05) is 23.2 Å². The van der Waals surface area contributed by atoms with Gasteiger partial charge >= 0.3 is 0 Å². The van der Waals surface area contributed by atoms with Gasteiger partial charge in [0, 0.05) is 28.9 Å². The summed E-state index contributed by atoms with van der Waals surface area (Å²) < 4.78 is 5.75. The van der Waals surface area contributed by atoms with Crippen molar-refractivity contribution in [2.75, 3.05) is 0 Å². The highest BCUT2D eigenvalue weighted by molar-refractivity contribution is 6.36. The average Bonchev–Trinajstić information content (AvgIpc) is 3.10. The second-order valence-electron chi connectivity index (χ2n) is 6.05. The van der Waals surface area contributed by atoms with E-state index in [0.29, 0.717) is 38.3 Å². The van der Waals surface area contributed by atoms with E-state index in [1.54, 1.807) is 36.4 Å². The predicted octanol–water partition coefficient (Wildman–Crippen LogP) is 6.17. The second-order valence-corrected chi connectivity index (χ2v) is 6.90. The van der Waals surface area contributed by atoms with Gasteiger partial charge in [-0.15, -0.1) is 0 Å². The molecule has 0 aliphatic carbocycles. The van der Waals surface area contributed by atoms with Crippen LogP contribution in [0.25, 0.3) is 22.6 Å². The molecule has 0 aliphatic rings. The fourth-order valence-electron chi connectivity index (χ4n) is 2.68. The van der Waals surface area contributed by atoms with E-state index in [0.717, 1.165) is 0 Å². The second kappa shape index (κ2) is 7.54. The van der Waals surface area contributed by atoms with Crippen molar-refractivity contribution in [2.24, 2.45) is 4.99 Å². The zero-order valence-electron chi connectivity index (χ0n) is 14.5. The van der Waals surface area contributed by atoms with Crippen molar-refractivity contribution in [3.63, 3.8) is 0 Å². The first kappa shape index (κ1) is 18.9. The van der Waals surface area contributed by atoms with Gasteiger partial charge in [-0.05, 0) is 42.5 Å². The molecule has 4 aromatic rings. The van der Waals surface area contributed by atoms with Crippen LogP contribution in [0, 0.1) is 10.1 Å². The molecular weight excluding hydrogens is 417 g/mol. The van der Waals surface area contributed by atoms with E-state index in [9.17, 15) is 15.2 Å². The summed E-state index contributed by atoms with van der Waals surface area (Å²) in [6, 6.07) is 13.8. The Morgan fingerprint density at radius 1 is 1.10 bits per heavy atom. The summed E-state index contributed by atoms with van der Waals surface area (Å²) in [6.07, 6.45) is 1.35. The highest BCUT2D eigenvalue weighted by Crippen LogP contribution is 2.33. The smallest absolute Gasteiger partial charge is 0.270 e. The molecule has 3 aromatic carbocycles. The lowest BCUT2D eigenvalue weighted by Crippen LogP contribution is -1.90. The summed E-state index contributed by atoms with van der Waals surface area (Å²) >= 11 is 12.1. The Labute approximate surface area is 174 Å². The number of hydrogen-bond acceptors (Lipinski definition) is 6. The maximum Gasteiger partial charge on any atom is 0.270 e. The van der Waals surface area contributed by atoms with E-state index >= 15 is 0 Å². The van der Waals surface area contributed by atoms with E-state index < -0.39 is 4.92 Å². The van der Waals surface area contributed by atoms with Crippen LogP contribution in [0.15, 0.2) is 64.0 Å². The maximum absolute atomic E-state index is 10.9. The van der Waals surface area contributed by atoms with Crippen molar-refractivity contribution in [1.82, 2.24) is 4.98 Å². The molecule has 29 heavy (non-hydrogen) atoms. The molecule has 0 saturated carbocycles. The highest BCUT2D eigenvalue weighted by atomic mass is 35.5. The SMILES string of the molecule is O=[N+]([O-])c1ccc(O)c(C=Nc2ccc3oc(-c4ccc(Cl)cc4Cl)nc3c2)c1. The summed E-state index contributed by atoms with van der Waals surface area (Å²) in [7, 11) is 0. The van der Waals surface area contributed by atoms with E-state index in [2.05, 4.69) is 9.98 Å². The number of nitro benzene ring substituents is 1. The molecule has 7 nitrogen and oxygen atoms in total. The number of rotatable bonds is 4. The zero-order valence-corrected chi connectivity index (χ0v) is 16.1. The Morgan fingerprint density at radius 2 is 1.93 bits per heavy atom. The minimum Gasteiger partial charge on any atom is -0.507 e. The van der Waals surface area contributed by atoms with Crippen LogP contribution in [0.1, 0.15) is 5.56 Å². The Hall–Kier alpha value is -3.42. The summed E-state index contributed by atoms with van der Waals surface area (Å²) in [5.74, 6) is 0.237. The van der Waals surface area contributed by atoms with Crippen LogP contribution in [0.2, 0.25) is 10.0 Å². The van der Waals surface area contributed by atoms with E-state index in [1.165, 1.54) is 24.4 Å². The van der Waals surface area contributed by atoms with Gasteiger partial charge in [0.05, 0.1) is 21.2 Å². The van der Waals surface area contributed by atoms with Gasteiger partial charge in [-0.2, -0.15) is 0 Å². The number of aromatic nitrogens is 1. The van der Waals surface area contributed by atoms with Gasteiger partial charge in [0.15, 0.2) is 5.58 Å². The number of aromatic hydroxyl groups is 1. The molecule has 1 aromatic heterocycles. The van der Waals surface area contributed by atoms with Crippen LogP contribution in [-0.2, 0) is 0 Å². The van der Waals surface area contributed by atoms with Gasteiger partial charge in [-0.25, -0.2) is 4.98 Å². The largest absolute Gasteiger partial charge is 0.507 e. The van der Waals surface area contributed by atoms with Gasteiger partial charge in [0.2, 0.25) is 5.89 Å². The fraction of sp³-hybridized carbons (Fsp3) is 0. The molecule has 0 aliphatic heterocycles. The van der Waals surface area contributed by atoms with Crippen molar-refractivity contribution in [1.29, 1.82) is 0 Å². The molecule has 4 rings (SSSR count). The van der Waals surface area contributed by atoms with E-state index in [1.807, 2.05) is 0 Å². The van der Waals surface area contributed by atoms with E-state index in [-0.39, 0.29) is 17.0 Å². The van der Waals surface area contributed by atoms with Gasteiger partial charge < -0.3 is 9.52 Å². The third kappa shape index (κ3) is 3.91. The molecule has 0 amide bonds. The molecule has 0 unspecified atom stereocenters. The molecule has 0 atom stereocenters. The number of halogens is 2. The molecule has 1 N–H and O–H groups in total. The number of non-ortho nitro benzene ring substituents is 1. The van der Waals surface area contributed by atoms with Crippen LogP contribution in [0.3, 0.4) is 0 Å². The third-order valence-electron chi connectivity index (χ3n) is 4.11. The maximum atomic E-state index is 10.9. The van der Waals surface area contributed by atoms with Crippen LogP contribution >= 0.6 is 23.2 Å². The number of hydrogen-bond donors (Lipinski definition) is 1. The van der Waals surface area contributed by atoms with Crippen molar-refractivity contribution in [3.8, 4) is 17.2 Å². The molecule has 0 saturated heterocycles. The Bertz CT molecular complexity index is 1280. The summed E-state index contributed by atoms with van der Waals surface area (Å²) in [6.45, 7) is 0. The molecule has 9 heteroatoms. The van der Waals surface area contributed by atoms with Crippen molar-refractivity contribution < 1.29 is 14.4 Å². The van der Waals surface area contributed by atoms with Crippen LogP contribution in [0.4, 0.5) is 11.4 Å². The van der Waals surface area contributed by atoms with Crippen LogP contribution in [-0.4, -0.2) is 21.2 Å². The lowest BCUT2D eigenvalue weighted by Gasteiger charge is -1.99.